The Balaban J connectivity index is 2.03. The smallest absolute Gasteiger partial charge is 0.261 e. The van der Waals surface area contributed by atoms with Gasteiger partial charge in [-0.1, -0.05) is 6.07 Å². The topological polar surface area (TPSA) is 83.6 Å². The summed E-state index contributed by atoms with van der Waals surface area (Å²) in [6, 6.07) is 12.7. The quantitative estimate of drug-likeness (QED) is 0.261. The maximum atomic E-state index is 13.3. The fraction of sp³-hybridized carbons (Fsp3) is 0.208. The van der Waals surface area contributed by atoms with Gasteiger partial charge in [-0.25, -0.2) is 4.39 Å². The van der Waals surface area contributed by atoms with Gasteiger partial charge in [0.05, 0.1) is 11.2 Å². The minimum absolute atomic E-state index is 0.0577. The van der Waals surface area contributed by atoms with Gasteiger partial charge in [0, 0.05) is 37.6 Å². The van der Waals surface area contributed by atoms with E-state index in [9.17, 15) is 19.2 Å². The predicted octanol–water partition coefficient (Wildman–Crippen LogP) is 3.68. The number of benzene rings is 1. The number of ketones is 1. The lowest BCUT2D eigenvalue weighted by Gasteiger charge is -2.04. The van der Waals surface area contributed by atoms with Gasteiger partial charge in [0.15, 0.2) is 0 Å². The number of nitriles is 1. The van der Waals surface area contributed by atoms with Crippen molar-refractivity contribution in [2.24, 2.45) is 0 Å². The van der Waals surface area contributed by atoms with Crippen molar-refractivity contribution in [3.05, 3.63) is 82.4 Å². The van der Waals surface area contributed by atoms with E-state index < -0.39 is 11.7 Å². The summed E-state index contributed by atoms with van der Waals surface area (Å²) in [4.78, 5) is 25.6. The minimum Gasteiger partial charge on any atom is -0.385 e. The van der Waals surface area contributed by atoms with Crippen molar-refractivity contribution < 1.29 is 18.7 Å². The highest BCUT2D eigenvalue weighted by atomic mass is 19.1. The molecule has 0 aliphatic rings. The van der Waals surface area contributed by atoms with Crippen LogP contribution in [0.2, 0.25) is 0 Å². The Morgan fingerprint density at radius 3 is 2.65 bits per heavy atom. The molecule has 0 bridgehead atoms. The van der Waals surface area contributed by atoms with Gasteiger partial charge < -0.3 is 14.5 Å². The summed E-state index contributed by atoms with van der Waals surface area (Å²) in [5.41, 5.74) is 2.60. The lowest BCUT2D eigenvalue weighted by molar-refractivity contribution is -0.117. The fourth-order valence-electron chi connectivity index (χ4n) is 3.36. The summed E-state index contributed by atoms with van der Waals surface area (Å²) >= 11 is 0. The normalized spacial score (nSPS) is 11.4. The number of pyridine rings is 1. The number of aromatic nitrogens is 1. The van der Waals surface area contributed by atoms with Crippen molar-refractivity contribution in [1.82, 2.24) is 9.72 Å². The number of carbonyl (C=O) groups excluding carboxylic acids is 2. The summed E-state index contributed by atoms with van der Waals surface area (Å²) in [6.45, 7) is 2.65. The zero-order valence-corrected chi connectivity index (χ0v) is 17.3. The minimum atomic E-state index is -0.486. The first-order valence-electron chi connectivity index (χ1n) is 9.76. The lowest BCUT2D eigenvalue weighted by Crippen LogP contribution is -2.26. The number of halogens is 1. The molecule has 2 heterocycles. The fourth-order valence-corrected chi connectivity index (χ4v) is 3.36. The number of rotatable bonds is 8. The molecule has 3 rings (SSSR count). The predicted molar refractivity (Wildman–Crippen MR) is 115 cm³/mol. The molecule has 0 fully saturated rings. The van der Waals surface area contributed by atoms with Crippen molar-refractivity contribution in [2.75, 3.05) is 20.3 Å². The van der Waals surface area contributed by atoms with Crippen molar-refractivity contribution >= 4 is 23.3 Å². The Morgan fingerprint density at radius 2 is 1.97 bits per heavy atom. The van der Waals surface area contributed by atoms with Gasteiger partial charge in [-0.2, -0.15) is 5.26 Å². The second-order valence-corrected chi connectivity index (χ2v) is 6.95. The molecule has 158 valence electrons. The zero-order chi connectivity index (χ0) is 22.4. The van der Waals surface area contributed by atoms with Gasteiger partial charge in [-0.15, -0.1) is 0 Å². The molecule has 2 aromatic heterocycles. The molecule has 1 aromatic carbocycles. The lowest BCUT2D eigenvalue weighted by atomic mass is 10.0. The number of fused-ring (bicyclic) bond motifs is 1. The molecule has 3 aromatic rings. The van der Waals surface area contributed by atoms with Gasteiger partial charge >= 0.3 is 0 Å². The molecular weight excluding hydrogens is 397 g/mol. The number of nitrogens with zero attached hydrogens (tertiary/aromatic N) is 2. The molecule has 0 radical (unpaired) electrons. The second kappa shape index (κ2) is 9.83. The molecule has 6 nitrogen and oxygen atoms in total. The summed E-state index contributed by atoms with van der Waals surface area (Å²) in [5.74, 6) is -1.19. The van der Waals surface area contributed by atoms with Gasteiger partial charge in [0.2, 0.25) is 5.78 Å². The average molecular weight is 419 g/mol. The molecule has 0 saturated heterocycles. The van der Waals surface area contributed by atoms with Crippen LogP contribution >= 0.6 is 0 Å². The summed E-state index contributed by atoms with van der Waals surface area (Å²) < 4.78 is 20.0. The highest BCUT2D eigenvalue weighted by molar-refractivity contribution is 6.11. The van der Waals surface area contributed by atoms with Crippen LogP contribution < -0.4 is 5.32 Å². The Hall–Kier alpha value is -3.76. The van der Waals surface area contributed by atoms with E-state index in [1.807, 2.05) is 18.2 Å². The Bertz CT molecular complexity index is 1190. The molecule has 0 aliphatic carbocycles. The summed E-state index contributed by atoms with van der Waals surface area (Å²) in [5, 5.41) is 12.2. The van der Waals surface area contributed by atoms with E-state index in [0.717, 1.165) is 0 Å². The maximum Gasteiger partial charge on any atom is 0.261 e. The molecule has 0 aliphatic heterocycles. The molecule has 7 heteroatoms. The van der Waals surface area contributed by atoms with Crippen LogP contribution in [0.15, 0.2) is 54.2 Å². The number of hydrogen-bond donors (Lipinski definition) is 1. The van der Waals surface area contributed by atoms with E-state index >= 15 is 0 Å². The van der Waals surface area contributed by atoms with Gasteiger partial charge in [0.1, 0.15) is 17.5 Å². The molecule has 0 atom stereocenters. The van der Waals surface area contributed by atoms with Gasteiger partial charge in [0.25, 0.3) is 5.91 Å². The number of methoxy groups -OCH3 is 1. The zero-order valence-electron chi connectivity index (χ0n) is 17.3. The van der Waals surface area contributed by atoms with E-state index in [0.29, 0.717) is 47.5 Å². The first kappa shape index (κ1) is 21.9. The van der Waals surface area contributed by atoms with E-state index in [1.54, 1.807) is 30.7 Å². The molecule has 1 N–H and O–H groups in total. The Morgan fingerprint density at radius 1 is 1.23 bits per heavy atom. The SMILES string of the molecule is COCCCNC(=O)/C(C#N)=C/c1c(C)c(C(=O)c2ccc(F)cc2)n2ccccc12. The molecule has 0 unspecified atom stereocenters. The van der Waals surface area contributed by atoms with Crippen LogP contribution in [0.3, 0.4) is 0 Å². The third-order valence-corrected chi connectivity index (χ3v) is 4.92. The second-order valence-electron chi connectivity index (χ2n) is 6.95. The Kier molecular flexibility index (Phi) is 6.96. The number of hydrogen-bond acceptors (Lipinski definition) is 4. The highest BCUT2D eigenvalue weighted by Gasteiger charge is 2.22. The van der Waals surface area contributed by atoms with Crippen molar-refractivity contribution in [3.8, 4) is 6.07 Å². The molecule has 31 heavy (non-hydrogen) atoms. The first-order chi connectivity index (χ1) is 15.0. The maximum absolute atomic E-state index is 13.3. The van der Waals surface area contributed by atoms with Crippen LogP contribution in [0.1, 0.15) is 33.6 Å². The van der Waals surface area contributed by atoms with Gasteiger partial charge in [-0.3, -0.25) is 9.59 Å². The van der Waals surface area contributed by atoms with Crippen LogP contribution in [-0.4, -0.2) is 36.4 Å². The van der Waals surface area contributed by atoms with Crippen LogP contribution in [0.5, 0.6) is 0 Å². The van der Waals surface area contributed by atoms with E-state index in [1.165, 1.54) is 30.3 Å². The molecule has 1 amide bonds. The number of carbonyl (C=O) groups is 2. The standard InChI is InChI=1S/C24H22FN3O3/c1-16-20(14-18(15-26)24(30)27-11-5-13-31-2)21-6-3-4-12-28(21)22(16)23(29)17-7-9-19(25)10-8-17/h3-4,6-10,12,14H,5,11,13H2,1-2H3,(H,27,30)/b18-14+. The first-order valence-corrected chi connectivity index (χ1v) is 9.76. The summed E-state index contributed by atoms with van der Waals surface area (Å²) in [6.07, 6.45) is 3.87. The van der Waals surface area contributed by atoms with Crippen LogP contribution in [0.25, 0.3) is 11.6 Å². The van der Waals surface area contributed by atoms with Crippen LogP contribution in [-0.2, 0) is 9.53 Å². The number of ether oxygens (including phenoxy) is 1. The average Bonchev–Trinajstić information content (AvgIpc) is 3.06. The Labute approximate surface area is 179 Å². The third-order valence-electron chi connectivity index (χ3n) is 4.92. The molecule has 0 spiro atoms. The van der Waals surface area contributed by atoms with Crippen LogP contribution in [0, 0.1) is 24.1 Å². The highest BCUT2D eigenvalue weighted by Crippen LogP contribution is 2.27. The number of amides is 1. The summed E-state index contributed by atoms with van der Waals surface area (Å²) in [7, 11) is 1.58. The third kappa shape index (κ3) is 4.71. The van der Waals surface area contributed by atoms with Gasteiger partial charge in [-0.05, 0) is 61.4 Å². The number of nitrogens with one attached hydrogen (secondary N) is 1. The molecular formula is C24H22FN3O3. The van der Waals surface area contributed by atoms with Crippen molar-refractivity contribution in [1.29, 1.82) is 5.26 Å². The van der Waals surface area contributed by atoms with E-state index in [-0.39, 0.29) is 11.4 Å². The van der Waals surface area contributed by atoms with Crippen LogP contribution in [0.4, 0.5) is 4.39 Å². The largest absolute Gasteiger partial charge is 0.385 e. The monoisotopic (exact) mass is 419 g/mol. The van der Waals surface area contributed by atoms with E-state index in [4.69, 9.17) is 4.74 Å². The van der Waals surface area contributed by atoms with Crippen molar-refractivity contribution in [3.63, 3.8) is 0 Å². The van der Waals surface area contributed by atoms with E-state index in [2.05, 4.69) is 5.32 Å². The van der Waals surface area contributed by atoms with Crippen molar-refractivity contribution in [2.45, 2.75) is 13.3 Å². The molecule has 0 saturated carbocycles.